The molecule has 1 atom stereocenters. The summed E-state index contributed by atoms with van der Waals surface area (Å²) < 4.78 is 10.6. The Morgan fingerprint density at radius 1 is 1.45 bits per heavy atom. The molecule has 0 radical (unpaired) electrons. The smallest absolute Gasteiger partial charge is 0.246 e. The van der Waals surface area contributed by atoms with Gasteiger partial charge in [-0.15, -0.1) is 0 Å². The molecule has 0 aromatic heterocycles. The molecule has 1 aromatic rings. The number of hydrogen-bond acceptors (Lipinski definition) is 4. The van der Waals surface area contributed by atoms with E-state index in [-0.39, 0.29) is 12.5 Å². The number of nitrogens with zero attached hydrogens (tertiary/aromatic N) is 1. The Labute approximate surface area is 132 Å². The van der Waals surface area contributed by atoms with Crippen LogP contribution < -0.4 is 10.1 Å². The van der Waals surface area contributed by atoms with Gasteiger partial charge in [0, 0.05) is 12.6 Å². The van der Waals surface area contributed by atoms with Crippen LogP contribution in [0.3, 0.4) is 0 Å². The molecule has 5 nitrogen and oxygen atoms in total. The van der Waals surface area contributed by atoms with Crippen LogP contribution in [0.25, 0.3) is 0 Å². The minimum Gasteiger partial charge on any atom is -0.497 e. The molecule has 5 heteroatoms. The molecule has 1 heterocycles. The van der Waals surface area contributed by atoms with E-state index in [2.05, 4.69) is 17.1 Å². The van der Waals surface area contributed by atoms with Crippen molar-refractivity contribution >= 4 is 5.91 Å². The van der Waals surface area contributed by atoms with Crippen LogP contribution in [0.15, 0.2) is 24.3 Å². The molecular weight excluding hydrogens is 280 g/mol. The Kier molecular flexibility index (Phi) is 6.68. The summed E-state index contributed by atoms with van der Waals surface area (Å²) in [5.74, 6) is 0.747. The lowest BCUT2D eigenvalue weighted by Crippen LogP contribution is -2.41. The number of benzene rings is 1. The quantitative estimate of drug-likeness (QED) is 0.796. The van der Waals surface area contributed by atoms with E-state index in [1.807, 2.05) is 24.3 Å². The van der Waals surface area contributed by atoms with Crippen molar-refractivity contribution in [1.82, 2.24) is 10.2 Å². The number of ether oxygens (including phenoxy) is 2. The third-order valence-electron chi connectivity index (χ3n) is 4.08. The van der Waals surface area contributed by atoms with Gasteiger partial charge in [-0.3, -0.25) is 9.69 Å². The fourth-order valence-corrected chi connectivity index (χ4v) is 2.85. The number of carbonyl (C=O) groups excluding carboxylic acids is 1. The van der Waals surface area contributed by atoms with Crippen LogP contribution in [-0.4, -0.2) is 50.2 Å². The SMILES string of the molecule is CCN1CCC[C@H]1CNC(=O)COCc1cccc(OC)c1. The summed E-state index contributed by atoms with van der Waals surface area (Å²) in [7, 11) is 1.63. The maximum Gasteiger partial charge on any atom is 0.246 e. The summed E-state index contributed by atoms with van der Waals surface area (Å²) in [4.78, 5) is 14.2. The zero-order valence-electron chi connectivity index (χ0n) is 13.5. The number of amides is 1. The van der Waals surface area contributed by atoms with Gasteiger partial charge in [0.1, 0.15) is 12.4 Å². The van der Waals surface area contributed by atoms with Crippen LogP contribution in [0.1, 0.15) is 25.3 Å². The van der Waals surface area contributed by atoms with E-state index in [4.69, 9.17) is 9.47 Å². The lowest BCUT2D eigenvalue weighted by Gasteiger charge is -2.22. The van der Waals surface area contributed by atoms with Crippen molar-refractivity contribution in [2.24, 2.45) is 0 Å². The van der Waals surface area contributed by atoms with Gasteiger partial charge in [-0.25, -0.2) is 0 Å². The number of nitrogens with one attached hydrogen (secondary N) is 1. The zero-order chi connectivity index (χ0) is 15.8. The lowest BCUT2D eigenvalue weighted by atomic mass is 10.2. The van der Waals surface area contributed by atoms with Crippen molar-refractivity contribution in [3.63, 3.8) is 0 Å². The van der Waals surface area contributed by atoms with Crippen LogP contribution in [-0.2, 0) is 16.1 Å². The van der Waals surface area contributed by atoms with Gasteiger partial charge in [0.25, 0.3) is 0 Å². The van der Waals surface area contributed by atoms with Gasteiger partial charge in [-0.05, 0) is 43.6 Å². The van der Waals surface area contributed by atoms with Crippen molar-refractivity contribution in [2.75, 3.05) is 33.4 Å². The molecule has 0 spiro atoms. The number of methoxy groups -OCH3 is 1. The third-order valence-corrected chi connectivity index (χ3v) is 4.08. The highest BCUT2D eigenvalue weighted by Gasteiger charge is 2.22. The molecule has 0 unspecified atom stereocenters. The van der Waals surface area contributed by atoms with Crippen LogP contribution in [0, 0.1) is 0 Å². The Morgan fingerprint density at radius 2 is 2.32 bits per heavy atom. The fourth-order valence-electron chi connectivity index (χ4n) is 2.85. The van der Waals surface area contributed by atoms with E-state index in [1.165, 1.54) is 12.8 Å². The standard InChI is InChI=1S/C17H26N2O3/c1-3-19-9-5-7-15(19)11-18-17(20)13-22-12-14-6-4-8-16(10-14)21-2/h4,6,8,10,15H,3,5,7,9,11-13H2,1-2H3,(H,18,20)/t15-/m0/s1. The summed E-state index contributed by atoms with van der Waals surface area (Å²) in [5.41, 5.74) is 1.00. The molecule has 22 heavy (non-hydrogen) atoms. The van der Waals surface area contributed by atoms with E-state index in [9.17, 15) is 4.79 Å². The first-order valence-corrected chi connectivity index (χ1v) is 7.94. The summed E-state index contributed by atoms with van der Waals surface area (Å²) >= 11 is 0. The topological polar surface area (TPSA) is 50.8 Å². The third kappa shape index (κ3) is 5.00. The second kappa shape index (κ2) is 8.76. The lowest BCUT2D eigenvalue weighted by molar-refractivity contribution is -0.126. The monoisotopic (exact) mass is 306 g/mol. The summed E-state index contributed by atoms with van der Waals surface area (Å²) in [5, 5.41) is 2.97. The van der Waals surface area contributed by atoms with Crippen molar-refractivity contribution in [3.8, 4) is 5.75 Å². The molecule has 0 saturated carbocycles. The molecular formula is C17H26N2O3. The average molecular weight is 306 g/mol. The van der Waals surface area contributed by atoms with Gasteiger partial charge in [-0.2, -0.15) is 0 Å². The summed E-state index contributed by atoms with van der Waals surface area (Å²) in [6.45, 7) is 5.58. The molecule has 0 bridgehead atoms. The molecule has 0 aliphatic carbocycles. The van der Waals surface area contributed by atoms with Crippen molar-refractivity contribution in [2.45, 2.75) is 32.4 Å². The Morgan fingerprint density at radius 3 is 3.09 bits per heavy atom. The first-order chi connectivity index (χ1) is 10.7. The molecule has 2 rings (SSSR count). The number of likely N-dealkylation sites (tertiary alicyclic amines) is 1. The maximum absolute atomic E-state index is 11.8. The number of rotatable bonds is 8. The highest BCUT2D eigenvalue weighted by Crippen LogP contribution is 2.15. The van der Waals surface area contributed by atoms with Gasteiger partial charge in [0.05, 0.1) is 13.7 Å². The fraction of sp³-hybridized carbons (Fsp3) is 0.588. The van der Waals surface area contributed by atoms with Gasteiger partial charge in [0.15, 0.2) is 0 Å². The minimum absolute atomic E-state index is 0.0501. The predicted octanol–water partition coefficient (Wildman–Crippen LogP) is 1.81. The van der Waals surface area contributed by atoms with Gasteiger partial charge >= 0.3 is 0 Å². The van der Waals surface area contributed by atoms with Crippen LogP contribution in [0.5, 0.6) is 5.75 Å². The Hall–Kier alpha value is -1.59. The van der Waals surface area contributed by atoms with E-state index in [0.717, 1.165) is 30.9 Å². The summed E-state index contributed by atoms with van der Waals surface area (Å²) in [6, 6.07) is 8.15. The molecule has 1 saturated heterocycles. The van der Waals surface area contributed by atoms with E-state index < -0.39 is 0 Å². The van der Waals surface area contributed by atoms with Gasteiger partial charge in [-0.1, -0.05) is 19.1 Å². The average Bonchev–Trinajstić information content (AvgIpc) is 3.00. The molecule has 1 aromatic carbocycles. The van der Waals surface area contributed by atoms with E-state index in [1.54, 1.807) is 7.11 Å². The Balaban J connectivity index is 1.65. The highest BCUT2D eigenvalue weighted by atomic mass is 16.5. The van der Waals surface area contributed by atoms with Gasteiger partial charge < -0.3 is 14.8 Å². The Bertz CT molecular complexity index is 479. The first kappa shape index (κ1) is 16.8. The van der Waals surface area contributed by atoms with Crippen molar-refractivity contribution < 1.29 is 14.3 Å². The van der Waals surface area contributed by atoms with Gasteiger partial charge in [0.2, 0.25) is 5.91 Å². The van der Waals surface area contributed by atoms with Crippen LogP contribution in [0.2, 0.25) is 0 Å². The molecule has 1 aliphatic rings. The molecule has 1 aliphatic heterocycles. The molecule has 1 N–H and O–H groups in total. The second-order valence-corrected chi connectivity index (χ2v) is 5.57. The second-order valence-electron chi connectivity index (χ2n) is 5.57. The first-order valence-electron chi connectivity index (χ1n) is 7.94. The predicted molar refractivity (Wildman–Crippen MR) is 85.9 cm³/mol. The van der Waals surface area contributed by atoms with Crippen LogP contribution >= 0.6 is 0 Å². The molecule has 1 amide bonds. The highest BCUT2D eigenvalue weighted by molar-refractivity contribution is 5.77. The van der Waals surface area contributed by atoms with Crippen molar-refractivity contribution in [1.29, 1.82) is 0 Å². The van der Waals surface area contributed by atoms with E-state index >= 15 is 0 Å². The normalized spacial score (nSPS) is 18.4. The number of likely N-dealkylation sites (N-methyl/N-ethyl adjacent to an activating group) is 1. The number of carbonyl (C=O) groups is 1. The zero-order valence-corrected chi connectivity index (χ0v) is 13.5. The molecule has 122 valence electrons. The maximum atomic E-state index is 11.8. The molecule has 1 fully saturated rings. The van der Waals surface area contributed by atoms with Crippen LogP contribution in [0.4, 0.5) is 0 Å². The largest absolute Gasteiger partial charge is 0.497 e. The minimum atomic E-state index is -0.0501. The van der Waals surface area contributed by atoms with Crippen molar-refractivity contribution in [3.05, 3.63) is 29.8 Å². The van der Waals surface area contributed by atoms with E-state index in [0.29, 0.717) is 12.6 Å². The number of hydrogen-bond donors (Lipinski definition) is 1. The summed E-state index contributed by atoms with van der Waals surface area (Å²) in [6.07, 6.45) is 2.39.